The van der Waals surface area contributed by atoms with E-state index in [1.54, 1.807) is 38.1 Å². The second kappa shape index (κ2) is 5.76. The topological polar surface area (TPSA) is 100 Å². The second-order valence-electron chi connectivity index (χ2n) is 3.37. The molecule has 0 aliphatic carbocycles. The molecule has 0 heterocycles. The van der Waals surface area contributed by atoms with Gasteiger partial charge in [-0.1, -0.05) is 17.3 Å². The van der Waals surface area contributed by atoms with Gasteiger partial charge in [-0.05, 0) is 26.0 Å². The van der Waals surface area contributed by atoms with Crippen molar-refractivity contribution < 1.29 is 10.0 Å². The fraction of sp³-hybridized carbons (Fsp3) is 0.182. The van der Waals surface area contributed by atoms with E-state index >= 15 is 0 Å². The van der Waals surface area contributed by atoms with Crippen LogP contribution in [0.15, 0.2) is 34.4 Å². The van der Waals surface area contributed by atoms with Crippen LogP contribution >= 0.6 is 0 Å². The van der Waals surface area contributed by atoms with Crippen LogP contribution in [-0.2, 0) is 0 Å². The van der Waals surface area contributed by atoms with E-state index in [0.717, 1.165) is 0 Å². The number of hydrogen-bond donors (Lipinski definition) is 3. The molecule has 4 N–H and O–H groups in total. The first-order valence-electron chi connectivity index (χ1n) is 4.94. The predicted octanol–water partition coefficient (Wildman–Crippen LogP) is 1.23. The molecule has 0 bridgehead atoms. The highest BCUT2D eigenvalue weighted by molar-refractivity contribution is 6.41. The van der Waals surface area contributed by atoms with E-state index in [1.807, 2.05) is 0 Å². The Morgan fingerprint density at radius 1 is 1.29 bits per heavy atom. The maximum atomic E-state index is 11.5. The molecule has 1 amide bonds. The monoisotopic (exact) mass is 234 g/mol. The average Bonchev–Trinajstić information content (AvgIpc) is 2.37. The number of hydrazine groups is 1. The molecule has 0 atom stereocenters. The minimum atomic E-state index is -0.421. The molecule has 1 aromatic rings. The number of carbonyl (C=O) groups is 1. The summed E-state index contributed by atoms with van der Waals surface area (Å²) in [5, 5.41) is 11.7. The summed E-state index contributed by atoms with van der Waals surface area (Å²) in [6.07, 6.45) is 0. The van der Waals surface area contributed by atoms with Crippen molar-refractivity contribution in [2.24, 2.45) is 16.0 Å². The van der Waals surface area contributed by atoms with Crippen molar-refractivity contribution >= 4 is 23.0 Å². The lowest BCUT2D eigenvalue weighted by molar-refractivity contribution is 0.0954. The Kier molecular flexibility index (Phi) is 4.36. The van der Waals surface area contributed by atoms with Crippen molar-refractivity contribution in [2.75, 3.05) is 0 Å². The molecule has 1 aromatic carbocycles. The third kappa shape index (κ3) is 3.12. The van der Waals surface area contributed by atoms with Gasteiger partial charge in [-0.25, -0.2) is 5.84 Å². The van der Waals surface area contributed by atoms with Crippen LogP contribution in [-0.4, -0.2) is 22.5 Å². The van der Waals surface area contributed by atoms with E-state index in [9.17, 15) is 4.79 Å². The molecule has 0 unspecified atom stereocenters. The number of aliphatic imine (C=N–C) groups is 1. The van der Waals surface area contributed by atoms with Crippen molar-refractivity contribution in [3.8, 4) is 0 Å². The summed E-state index contributed by atoms with van der Waals surface area (Å²) >= 11 is 0. The summed E-state index contributed by atoms with van der Waals surface area (Å²) in [6, 6.07) is 6.76. The fourth-order valence-electron chi connectivity index (χ4n) is 1.17. The van der Waals surface area contributed by atoms with Crippen molar-refractivity contribution in [1.82, 2.24) is 5.43 Å². The number of nitrogens with two attached hydrogens (primary N) is 1. The minimum absolute atomic E-state index is 0.361. The largest absolute Gasteiger partial charge is 0.411 e. The molecule has 0 fully saturated rings. The highest BCUT2D eigenvalue weighted by Crippen LogP contribution is 2.18. The van der Waals surface area contributed by atoms with Gasteiger partial charge in [-0.2, -0.15) is 0 Å². The van der Waals surface area contributed by atoms with Crippen LogP contribution in [0.25, 0.3) is 0 Å². The smallest absolute Gasteiger partial charge is 0.267 e. The molecular weight excluding hydrogens is 220 g/mol. The Balaban J connectivity index is 3.19. The maximum Gasteiger partial charge on any atom is 0.267 e. The average molecular weight is 234 g/mol. The molecule has 90 valence electrons. The lowest BCUT2D eigenvalue weighted by Crippen LogP contribution is -2.30. The number of nitrogens with zero attached hydrogens (tertiary/aromatic N) is 2. The predicted molar refractivity (Wildman–Crippen MR) is 65.8 cm³/mol. The van der Waals surface area contributed by atoms with E-state index < -0.39 is 5.91 Å². The molecule has 0 aliphatic heterocycles. The minimum Gasteiger partial charge on any atom is -0.411 e. The van der Waals surface area contributed by atoms with Gasteiger partial charge in [0.15, 0.2) is 0 Å². The molecule has 0 radical (unpaired) electrons. The standard InChI is InChI=1S/C11H14N4O2/c1-7(8(2)15-17)13-10-6-4-3-5-9(10)11(16)14-12/h3-6,17H,12H2,1-2H3,(H,14,16)/b13-7?,15-8+. The second-order valence-corrected chi connectivity index (χ2v) is 3.37. The summed E-state index contributed by atoms with van der Waals surface area (Å²) in [6.45, 7) is 3.30. The summed E-state index contributed by atoms with van der Waals surface area (Å²) in [5.74, 6) is 4.66. The van der Waals surface area contributed by atoms with Gasteiger partial charge >= 0.3 is 0 Å². The van der Waals surface area contributed by atoms with Gasteiger partial charge in [-0.3, -0.25) is 15.2 Å². The van der Waals surface area contributed by atoms with Gasteiger partial charge in [0.1, 0.15) is 0 Å². The van der Waals surface area contributed by atoms with E-state index in [4.69, 9.17) is 11.0 Å². The highest BCUT2D eigenvalue weighted by Gasteiger charge is 2.09. The van der Waals surface area contributed by atoms with Gasteiger partial charge in [-0.15, -0.1) is 0 Å². The molecule has 1 rings (SSSR count). The number of para-hydroxylation sites is 1. The quantitative estimate of drug-likeness (QED) is 0.241. The summed E-state index contributed by atoms with van der Waals surface area (Å²) in [4.78, 5) is 15.7. The van der Waals surface area contributed by atoms with Crippen LogP contribution in [0.2, 0.25) is 0 Å². The first-order chi connectivity index (χ1) is 8.10. The first kappa shape index (κ1) is 12.9. The van der Waals surface area contributed by atoms with Crippen molar-refractivity contribution in [3.63, 3.8) is 0 Å². The molecule has 0 spiro atoms. The molecule has 0 saturated carbocycles. The molecular formula is C11H14N4O2. The number of nitrogen functional groups attached to an aromatic ring is 1. The number of oxime groups is 1. The van der Waals surface area contributed by atoms with E-state index in [1.165, 1.54) is 0 Å². The lowest BCUT2D eigenvalue weighted by atomic mass is 10.1. The van der Waals surface area contributed by atoms with Gasteiger partial charge in [0.25, 0.3) is 5.91 Å². The Morgan fingerprint density at radius 2 is 1.94 bits per heavy atom. The summed E-state index contributed by atoms with van der Waals surface area (Å²) in [5.41, 5.74) is 3.78. The van der Waals surface area contributed by atoms with Gasteiger partial charge in [0, 0.05) is 0 Å². The zero-order chi connectivity index (χ0) is 12.8. The molecule has 0 saturated heterocycles. The lowest BCUT2D eigenvalue weighted by Gasteiger charge is -2.04. The number of carbonyl (C=O) groups excluding carboxylic acids is 1. The van der Waals surface area contributed by atoms with Crippen LogP contribution in [0.3, 0.4) is 0 Å². The first-order valence-corrected chi connectivity index (χ1v) is 4.94. The number of hydrogen-bond acceptors (Lipinski definition) is 5. The van der Waals surface area contributed by atoms with Crippen LogP contribution in [0, 0.1) is 0 Å². The highest BCUT2D eigenvalue weighted by atomic mass is 16.4. The summed E-state index contributed by atoms with van der Waals surface area (Å²) < 4.78 is 0. The van der Waals surface area contributed by atoms with Crippen molar-refractivity contribution in [1.29, 1.82) is 0 Å². The van der Waals surface area contributed by atoms with Crippen LogP contribution < -0.4 is 11.3 Å². The van der Waals surface area contributed by atoms with Gasteiger partial charge in [0.05, 0.1) is 22.7 Å². The summed E-state index contributed by atoms with van der Waals surface area (Å²) in [7, 11) is 0. The van der Waals surface area contributed by atoms with E-state index in [-0.39, 0.29) is 0 Å². The molecule has 0 aliphatic rings. The molecule has 17 heavy (non-hydrogen) atoms. The third-order valence-corrected chi connectivity index (χ3v) is 2.24. The number of amides is 1. The Hall–Kier alpha value is -2.21. The Morgan fingerprint density at radius 3 is 2.53 bits per heavy atom. The Labute approximate surface area is 98.8 Å². The maximum absolute atomic E-state index is 11.5. The van der Waals surface area contributed by atoms with Crippen molar-refractivity contribution in [3.05, 3.63) is 29.8 Å². The normalized spacial score (nSPS) is 12.4. The fourth-order valence-corrected chi connectivity index (χ4v) is 1.17. The third-order valence-electron chi connectivity index (χ3n) is 2.24. The van der Waals surface area contributed by atoms with Crippen LogP contribution in [0.4, 0.5) is 5.69 Å². The molecule has 6 heteroatoms. The number of rotatable bonds is 3. The molecule has 0 aromatic heterocycles. The van der Waals surface area contributed by atoms with Crippen LogP contribution in [0.1, 0.15) is 24.2 Å². The Bertz CT molecular complexity index is 480. The SMILES string of the molecule is CC(=Nc1ccccc1C(=O)NN)/C(C)=N/O. The zero-order valence-electron chi connectivity index (χ0n) is 9.64. The number of benzene rings is 1. The van der Waals surface area contributed by atoms with E-state index in [2.05, 4.69) is 15.6 Å². The van der Waals surface area contributed by atoms with E-state index in [0.29, 0.717) is 22.7 Å². The number of nitrogens with one attached hydrogen (secondary N) is 1. The van der Waals surface area contributed by atoms with Gasteiger partial charge < -0.3 is 5.21 Å². The molecule has 6 nitrogen and oxygen atoms in total. The van der Waals surface area contributed by atoms with Crippen LogP contribution in [0.5, 0.6) is 0 Å². The zero-order valence-corrected chi connectivity index (χ0v) is 9.64. The van der Waals surface area contributed by atoms with Gasteiger partial charge in [0.2, 0.25) is 0 Å². The van der Waals surface area contributed by atoms with Crippen molar-refractivity contribution in [2.45, 2.75) is 13.8 Å².